The van der Waals surface area contributed by atoms with E-state index in [-0.39, 0.29) is 30.7 Å². The third-order valence-corrected chi connectivity index (χ3v) is 6.93. The molecule has 1 N–H and O–H groups in total. The number of halogens is 2. The Bertz CT molecular complexity index is 1210. The summed E-state index contributed by atoms with van der Waals surface area (Å²) in [6, 6.07) is 13.1. The van der Waals surface area contributed by atoms with Crippen molar-refractivity contribution in [2.75, 3.05) is 31.6 Å². The van der Waals surface area contributed by atoms with Gasteiger partial charge in [0, 0.05) is 42.1 Å². The van der Waals surface area contributed by atoms with Crippen LogP contribution in [0.3, 0.4) is 0 Å². The second-order valence-electron chi connectivity index (χ2n) is 9.21. The van der Waals surface area contributed by atoms with Crippen molar-refractivity contribution in [2.45, 2.75) is 31.3 Å². The summed E-state index contributed by atoms with van der Waals surface area (Å²) in [6.45, 7) is 4.40. The van der Waals surface area contributed by atoms with Crippen molar-refractivity contribution >= 4 is 46.7 Å². The van der Waals surface area contributed by atoms with Gasteiger partial charge < -0.3 is 10.2 Å². The van der Waals surface area contributed by atoms with Crippen LogP contribution in [0.1, 0.15) is 30.9 Å². The fourth-order valence-electron chi connectivity index (χ4n) is 4.98. The van der Waals surface area contributed by atoms with E-state index < -0.39 is 23.4 Å². The third-order valence-electron chi connectivity index (χ3n) is 6.50. The zero-order valence-corrected chi connectivity index (χ0v) is 21.1. The fraction of sp³-hybridized carbons (Fsp3) is 0.360. The largest absolute Gasteiger partial charge is 0.353 e. The number of anilines is 1. The van der Waals surface area contributed by atoms with Crippen LogP contribution in [-0.2, 0) is 9.59 Å². The molecule has 8 nitrogen and oxygen atoms in total. The van der Waals surface area contributed by atoms with Crippen LogP contribution in [0.4, 0.5) is 10.5 Å². The van der Waals surface area contributed by atoms with Crippen molar-refractivity contribution in [1.29, 1.82) is 5.26 Å². The van der Waals surface area contributed by atoms with Gasteiger partial charge in [0.2, 0.25) is 5.91 Å². The Balaban J connectivity index is 1.77. The number of nitrogens with one attached hydrogen (secondary N) is 1. The summed E-state index contributed by atoms with van der Waals surface area (Å²) in [7, 11) is 1.60. The molecule has 2 heterocycles. The Morgan fingerprint density at radius 3 is 2.37 bits per heavy atom. The molecule has 182 valence electrons. The molecule has 10 heteroatoms. The number of carbonyl (C=O) groups excluding carboxylic acids is 3. The highest BCUT2D eigenvalue weighted by Crippen LogP contribution is 2.46. The van der Waals surface area contributed by atoms with E-state index in [0.29, 0.717) is 22.2 Å². The van der Waals surface area contributed by atoms with Crippen LogP contribution in [-0.4, -0.2) is 65.9 Å². The molecule has 0 aliphatic carbocycles. The number of likely N-dealkylation sites (tertiary alicyclic amines) is 1. The van der Waals surface area contributed by atoms with Gasteiger partial charge in [0.05, 0.1) is 23.9 Å². The average molecular weight is 514 g/mol. The number of nitrogens with zero attached hydrogens (tertiary/aromatic N) is 4. The molecule has 4 amide bonds. The molecule has 1 spiro atoms. The van der Waals surface area contributed by atoms with Crippen molar-refractivity contribution in [3.63, 3.8) is 0 Å². The normalized spacial score (nSPS) is 22.4. The van der Waals surface area contributed by atoms with Crippen molar-refractivity contribution in [3.8, 4) is 6.07 Å². The molecule has 0 saturated carbocycles. The van der Waals surface area contributed by atoms with Crippen LogP contribution in [0, 0.1) is 11.3 Å². The van der Waals surface area contributed by atoms with Crippen molar-refractivity contribution in [1.82, 2.24) is 15.1 Å². The first-order valence-corrected chi connectivity index (χ1v) is 11.9. The van der Waals surface area contributed by atoms with Crippen LogP contribution in [0.15, 0.2) is 42.5 Å². The monoisotopic (exact) mass is 513 g/mol. The summed E-state index contributed by atoms with van der Waals surface area (Å²) >= 11 is 12.3. The smallest absolute Gasteiger partial charge is 0.332 e. The van der Waals surface area contributed by atoms with E-state index in [0.717, 1.165) is 10.5 Å². The molecule has 4 rings (SSSR count). The van der Waals surface area contributed by atoms with Gasteiger partial charge in [-0.25, -0.2) is 9.69 Å². The number of imide groups is 1. The first-order valence-electron chi connectivity index (χ1n) is 11.2. The number of nitriles is 1. The molecule has 2 aliphatic heterocycles. The van der Waals surface area contributed by atoms with E-state index in [4.69, 9.17) is 23.2 Å². The summed E-state index contributed by atoms with van der Waals surface area (Å²) < 4.78 is 0. The van der Waals surface area contributed by atoms with Crippen LogP contribution >= 0.6 is 23.2 Å². The number of urea groups is 1. The molecule has 2 aliphatic rings. The highest BCUT2D eigenvalue weighted by molar-refractivity contribution is 6.35. The van der Waals surface area contributed by atoms with Crippen molar-refractivity contribution < 1.29 is 14.4 Å². The molecule has 0 radical (unpaired) electrons. The quantitative estimate of drug-likeness (QED) is 0.615. The van der Waals surface area contributed by atoms with Gasteiger partial charge >= 0.3 is 6.03 Å². The number of carbonyl (C=O) groups is 3. The van der Waals surface area contributed by atoms with E-state index >= 15 is 0 Å². The van der Waals surface area contributed by atoms with Gasteiger partial charge in [-0.15, -0.1) is 0 Å². The second-order valence-corrected chi connectivity index (χ2v) is 10.1. The van der Waals surface area contributed by atoms with Gasteiger partial charge in [-0.05, 0) is 49.7 Å². The van der Waals surface area contributed by atoms with E-state index in [2.05, 4.69) is 11.4 Å². The van der Waals surface area contributed by atoms with Gasteiger partial charge in [0.1, 0.15) is 5.54 Å². The minimum absolute atomic E-state index is 0.0196. The average Bonchev–Trinajstić information content (AvgIpc) is 3.24. The molecule has 2 atom stereocenters. The number of benzene rings is 2. The zero-order valence-electron chi connectivity index (χ0n) is 19.6. The summed E-state index contributed by atoms with van der Waals surface area (Å²) in [5.74, 6) is -0.999. The lowest BCUT2D eigenvalue weighted by Gasteiger charge is -2.34. The lowest BCUT2D eigenvalue weighted by Crippen LogP contribution is -2.54. The number of likely N-dealkylation sites (N-methyl/N-ethyl adjacent to an activating group) is 1. The van der Waals surface area contributed by atoms with E-state index in [9.17, 15) is 19.6 Å². The Hall–Kier alpha value is -3.12. The summed E-state index contributed by atoms with van der Waals surface area (Å²) in [5.41, 5.74) is 0.329. The number of hydrogen-bond donors (Lipinski definition) is 1. The lowest BCUT2D eigenvalue weighted by molar-refractivity contribution is -0.126. The first kappa shape index (κ1) is 25.0. The molecule has 35 heavy (non-hydrogen) atoms. The van der Waals surface area contributed by atoms with E-state index in [1.807, 2.05) is 18.7 Å². The van der Waals surface area contributed by atoms with Gasteiger partial charge in [-0.1, -0.05) is 35.3 Å². The molecular weight excluding hydrogens is 489 g/mol. The topological polar surface area (TPSA) is 96.7 Å². The van der Waals surface area contributed by atoms with Crippen LogP contribution < -0.4 is 10.2 Å². The van der Waals surface area contributed by atoms with E-state index in [1.54, 1.807) is 31.3 Å². The molecule has 2 aromatic rings. The zero-order chi connectivity index (χ0) is 25.5. The Kier molecular flexibility index (Phi) is 6.78. The molecule has 0 aromatic heterocycles. The molecule has 2 fully saturated rings. The van der Waals surface area contributed by atoms with Gasteiger partial charge in [-0.3, -0.25) is 14.5 Å². The Morgan fingerprint density at radius 1 is 1.17 bits per heavy atom. The summed E-state index contributed by atoms with van der Waals surface area (Å²) in [6.07, 6.45) is 0. The molecule has 0 bridgehead atoms. The highest BCUT2D eigenvalue weighted by Gasteiger charge is 2.64. The number of rotatable bonds is 5. The molecule has 2 aromatic carbocycles. The molecular formula is C25H25Cl2N5O3. The molecule has 2 saturated heterocycles. The first-order chi connectivity index (χ1) is 16.6. The predicted octanol–water partition coefficient (Wildman–Crippen LogP) is 3.63. The summed E-state index contributed by atoms with van der Waals surface area (Å²) in [5, 5.41) is 12.7. The van der Waals surface area contributed by atoms with E-state index in [1.165, 1.54) is 23.1 Å². The SMILES string of the molecule is CC(C)NC(=O)CN1CC(c2ccc(C#N)cc2)C2(C1)C(=O)N(c1cc(Cl)cc(Cl)c1)C(=O)N2C. The van der Waals surface area contributed by atoms with Gasteiger partial charge in [-0.2, -0.15) is 5.26 Å². The maximum Gasteiger partial charge on any atom is 0.332 e. The van der Waals surface area contributed by atoms with Crippen molar-refractivity contribution in [2.24, 2.45) is 0 Å². The van der Waals surface area contributed by atoms with Gasteiger partial charge in [0.25, 0.3) is 5.91 Å². The van der Waals surface area contributed by atoms with Crippen LogP contribution in [0.25, 0.3) is 0 Å². The molecule has 2 unspecified atom stereocenters. The highest BCUT2D eigenvalue weighted by atomic mass is 35.5. The number of amides is 4. The Morgan fingerprint density at radius 2 is 1.80 bits per heavy atom. The third kappa shape index (κ3) is 4.47. The lowest BCUT2D eigenvalue weighted by atomic mass is 9.80. The van der Waals surface area contributed by atoms with Gasteiger partial charge in [0.15, 0.2) is 0 Å². The minimum atomic E-state index is -1.25. The maximum atomic E-state index is 14.1. The second kappa shape index (κ2) is 9.50. The summed E-state index contributed by atoms with van der Waals surface area (Å²) in [4.78, 5) is 44.5. The van der Waals surface area contributed by atoms with Crippen LogP contribution in [0.2, 0.25) is 10.0 Å². The standard InChI is InChI=1S/C25H25Cl2N5O3/c1-15(2)29-22(33)13-31-12-21(17-6-4-16(11-28)5-7-17)25(14-31)23(34)32(24(35)30(25)3)20-9-18(26)8-19(27)10-20/h4-10,15,21H,12-14H2,1-3H3,(H,29,33). The maximum absolute atomic E-state index is 14.1. The minimum Gasteiger partial charge on any atom is -0.353 e. The predicted molar refractivity (Wildman–Crippen MR) is 133 cm³/mol. The van der Waals surface area contributed by atoms with Crippen LogP contribution in [0.5, 0.6) is 0 Å². The number of hydrogen-bond acceptors (Lipinski definition) is 5. The Labute approximate surface area is 214 Å². The van der Waals surface area contributed by atoms with Crippen molar-refractivity contribution in [3.05, 3.63) is 63.6 Å². The fourth-order valence-corrected chi connectivity index (χ4v) is 5.50.